The van der Waals surface area contributed by atoms with Gasteiger partial charge in [0.1, 0.15) is 6.10 Å². The van der Waals surface area contributed by atoms with Gasteiger partial charge in [0.15, 0.2) is 0 Å². The summed E-state index contributed by atoms with van der Waals surface area (Å²) in [6, 6.07) is 0. The highest BCUT2D eigenvalue weighted by Gasteiger charge is 2.43. The van der Waals surface area contributed by atoms with E-state index in [1.165, 1.54) is 25.7 Å². The fourth-order valence-electron chi connectivity index (χ4n) is 2.79. The van der Waals surface area contributed by atoms with Crippen molar-refractivity contribution in [1.29, 1.82) is 0 Å². The first kappa shape index (κ1) is 9.04. The molecule has 0 aromatic rings. The van der Waals surface area contributed by atoms with E-state index in [0.29, 0.717) is 5.92 Å². The lowest BCUT2D eigenvalue weighted by Crippen LogP contribution is -2.19. The molecule has 2 fully saturated rings. The molecule has 0 aromatic heterocycles. The molecule has 0 N–H and O–H groups in total. The van der Waals surface area contributed by atoms with Gasteiger partial charge in [0, 0.05) is 5.92 Å². The van der Waals surface area contributed by atoms with Gasteiger partial charge >= 0.3 is 5.97 Å². The number of carbonyl (C=O) groups excluding carboxylic acids is 1. The number of hydrogen-bond donors (Lipinski definition) is 0. The van der Waals surface area contributed by atoms with E-state index < -0.39 is 0 Å². The molecule has 74 valence electrons. The number of ether oxygens (including phenoxy) is 1. The molecule has 0 bridgehead atoms. The summed E-state index contributed by atoms with van der Waals surface area (Å²) in [5.74, 6) is 0.822. The van der Waals surface area contributed by atoms with Crippen molar-refractivity contribution in [3.8, 4) is 0 Å². The molecular formula is C11H18O2. The van der Waals surface area contributed by atoms with Gasteiger partial charge in [-0.15, -0.1) is 0 Å². The standard InChI is InChI=1S/C11H18O2/c1-2-8-9-6-4-3-5-7-10(9)13-11(8)12/h8-10H,2-7H2,1H3/t8-,9-,10-/m0/s1. The van der Waals surface area contributed by atoms with Crippen LogP contribution < -0.4 is 0 Å². The van der Waals surface area contributed by atoms with Crippen molar-refractivity contribution in [3.63, 3.8) is 0 Å². The lowest BCUT2D eigenvalue weighted by molar-refractivity contribution is -0.144. The second-order valence-electron chi connectivity index (χ2n) is 4.29. The highest BCUT2D eigenvalue weighted by molar-refractivity contribution is 5.75. The Hall–Kier alpha value is -0.530. The van der Waals surface area contributed by atoms with Crippen LogP contribution >= 0.6 is 0 Å². The molecule has 3 atom stereocenters. The minimum atomic E-state index is 0.0689. The monoisotopic (exact) mass is 182 g/mol. The minimum absolute atomic E-state index is 0.0689. The molecule has 2 rings (SSSR count). The Morgan fingerprint density at radius 2 is 2.08 bits per heavy atom. The number of carbonyl (C=O) groups is 1. The van der Waals surface area contributed by atoms with E-state index in [2.05, 4.69) is 6.92 Å². The zero-order chi connectivity index (χ0) is 9.26. The van der Waals surface area contributed by atoms with Gasteiger partial charge in [-0.25, -0.2) is 0 Å². The van der Waals surface area contributed by atoms with E-state index in [1.54, 1.807) is 0 Å². The Balaban J connectivity index is 2.09. The maximum atomic E-state index is 11.5. The second kappa shape index (κ2) is 3.69. The van der Waals surface area contributed by atoms with E-state index in [0.717, 1.165) is 12.8 Å². The fourth-order valence-corrected chi connectivity index (χ4v) is 2.79. The molecule has 0 unspecified atom stereocenters. The van der Waals surface area contributed by atoms with Crippen molar-refractivity contribution in [2.75, 3.05) is 0 Å². The van der Waals surface area contributed by atoms with E-state index in [-0.39, 0.29) is 18.0 Å². The quantitative estimate of drug-likeness (QED) is 0.582. The van der Waals surface area contributed by atoms with Gasteiger partial charge in [-0.05, 0) is 25.7 Å². The van der Waals surface area contributed by atoms with Crippen LogP contribution in [0.1, 0.15) is 45.4 Å². The van der Waals surface area contributed by atoms with Crippen LogP contribution in [-0.2, 0) is 9.53 Å². The van der Waals surface area contributed by atoms with Crippen molar-refractivity contribution in [2.24, 2.45) is 11.8 Å². The van der Waals surface area contributed by atoms with Gasteiger partial charge in [-0.3, -0.25) is 4.79 Å². The zero-order valence-corrected chi connectivity index (χ0v) is 8.29. The summed E-state index contributed by atoms with van der Waals surface area (Å²) in [6.07, 6.45) is 7.38. The summed E-state index contributed by atoms with van der Waals surface area (Å²) >= 11 is 0. The van der Waals surface area contributed by atoms with Crippen LogP contribution in [0.2, 0.25) is 0 Å². The lowest BCUT2D eigenvalue weighted by atomic mass is 9.85. The number of rotatable bonds is 1. The molecule has 2 heteroatoms. The third-order valence-corrected chi connectivity index (χ3v) is 3.53. The summed E-state index contributed by atoms with van der Waals surface area (Å²) in [7, 11) is 0. The molecule has 1 saturated heterocycles. The van der Waals surface area contributed by atoms with Crippen LogP contribution in [0.3, 0.4) is 0 Å². The lowest BCUT2D eigenvalue weighted by Gasteiger charge is -2.16. The van der Waals surface area contributed by atoms with Crippen molar-refractivity contribution in [2.45, 2.75) is 51.6 Å². The molecule has 2 aliphatic rings. The third-order valence-electron chi connectivity index (χ3n) is 3.53. The molecule has 2 nitrogen and oxygen atoms in total. The molecule has 1 aliphatic heterocycles. The van der Waals surface area contributed by atoms with Crippen molar-refractivity contribution in [3.05, 3.63) is 0 Å². The Kier molecular flexibility index (Phi) is 2.56. The smallest absolute Gasteiger partial charge is 0.309 e. The van der Waals surface area contributed by atoms with Crippen LogP contribution in [0.25, 0.3) is 0 Å². The van der Waals surface area contributed by atoms with E-state index in [4.69, 9.17) is 4.74 Å². The first-order chi connectivity index (χ1) is 6.33. The highest BCUT2D eigenvalue weighted by atomic mass is 16.6. The highest BCUT2D eigenvalue weighted by Crippen LogP contribution is 2.38. The number of esters is 1. The first-order valence-corrected chi connectivity index (χ1v) is 5.53. The summed E-state index contributed by atoms with van der Waals surface area (Å²) in [4.78, 5) is 11.5. The molecular weight excluding hydrogens is 164 g/mol. The van der Waals surface area contributed by atoms with Crippen LogP contribution in [0.15, 0.2) is 0 Å². The SMILES string of the molecule is CC[C@@H]1C(=O)O[C@H]2CCCCC[C@H]21. The van der Waals surface area contributed by atoms with E-state index in [9.17, 15) is 4.79 Å². The maximum Gasteiger partial charge on any atom is 0.309 e. The molecule has 0 amide bonds. The normalized spacial score (nSPS) is 39.5. The first-order valence-electron chi connectivity index (χ1n) is 5.53. The Labute approximate surface area is 79.7 Å². The van der Waals surface area contributed by atoms with Gasteiger partial charge < -0.3 is 4.74 Å². The Bertz CT molecular complexity index is 200. The molecule has 0 spiro atoms. The van der Waals surface area contributed by atoms with Crippen LogP contribution in [0.4, 0.5) is 0 Å². The molecule has 1 heterocycles. The van der Waals surface area contributed by atoms with Gasteiger partial charge in [-0.1, -0.05) is 19.8 Å². The summed E-state index contributed by atoms with van der Waals surface area (Å²) < 4.78 is 5.41. The summed E-state index contributed by atoms with van der Waals surface area (Å²) in [6.45, 7) is 2.10. The molecule has 0 radical (unpaired) electrons. The zero-order valence-electron chi connectivity index (χ0n) is 8.29. The minimum Gasteiger partial charge on any atom is -0.462 e. The van der Waals surface area contributed by atoms with Crippen molar-refractivity contribution in [1.82, 2.24) is 0 Å². The van der Waals surface area contributed by atoms with Crippen LogP contribution in [0, 0.1) is 11.8 Å². The van der Waals surface area contributed by atoms with Crippen LogP contribution in [-0.4, -0.2) is 12.1 Å². The number of hydrogen-bond acceptors (Lipinski definition) is 2. The largest absolute Gasteiger partial charge is 0.462 e. The fraction of sp³-hybridized carbons (Fsp3) is 0.909. The Morgan fingerprint density at radius 1 is 1.31 bits per heavy atom. The average Bonchev–Trinajstić information content (AvgIpc) is 2.32. The molecule has 13 heavy (non-hydrogen) atoms. The van der Waals surface area contributed by atoms with Gasteiger partial charge in [0.25, 0.3) is 0 Å². The predicted molar refractivity (Wildman–Crippen MR) is 50.2 cm³/mol. The topological polar surface area (TPSA) is 26.3 Å². The number of fused-ring (bicyclic) bond motifs is 1. The van der Waals surface area contributed by atoms with E-state index in [1.807, 2.05) is 0 Å². The predicted octanol–water partition coefficient (Wildman–Crippen LogP) is 2.52. The molecule has 1 saturated carbocycles. The second-order valence-corrected chi connectivity index (χ2v) is 4.29. The van der Waals surface area contributed by atoms with Crippen LogP contribution in [0.5, 0.6) is 0 Å². The van der Waals surface area contributed by atoms with E-state index >= 15 is 0 Å². The van der Waals surface area contributed by atoms with Gasteiger partial charge in [-0.2, -0.15) is 0 Å². The molecule has 0 aromatic carbocycles. The van der Waals surface area contributed by atoms with Gasteiger partial charge in [0.05, 0.1) is 5.92 Å². The summed E-state index contributed by atoms with van der Waals surface area (Å²) in [5.41, 5.74) is 0. The Morgan fingerprint density at radius 3 is 2.85 bits per heavy atom. The maximum absolute atomic E-state index is 11.5. The third kappa shape index (κ3) is 1.59. The average molecular weight is 182 g/mol. The summed E-state index contributed by atoms with van der Waals surface area (Å²) in [5, 5.41) is 0. The van der Waals surface area contributed by atoms with Gasteiger partial charge in [0.2, 0.25) is 0 Å². The van der Waals surface area contributed by atoms with Crippen molar-refractivity contribution < 1.29 is 9.53 Å². The molecule has 1 aliphatic carbocycles. The van der Waals surface area contributed by atoms with Crippen molar-refractivity contribution >= 4 is 5.97 Å².